The average Bonchev–Trinajstić information content (AvgIpc) is 2.73. The first kappa shape index (κ1) is 12.5. The van der Waals surface area contributed by atoms with E-state index >= 15 is 0 Å². The molecule has 0 aliphatic carbocycles. The number of benzene rings is 1. The Kier molecular flexibility index (Phi) is 3.57. The molecule has 0 aliphatic rings. The van der Waals surface area contributed by atoms with Crippen molar-refractivity contribution in [3.05, 3.63) is 50.0 Å². The number of aromatic nitrogens is 1. The summed E-state index contributed by atoms with van der Waals surface area (Å²) in [7, 11) is 0. The van der Waals surface area contributed by atoms with Crippen LogP contribution >= 0.6 is 11.3 Å². The lowest BCUT2D eigenvalue weighted by Crippen LogP contribution is -2.02. The summed E-state index contributed by atoms with van der Waals surface area (Å²) < 4.78 is 0. The van der Waals surface area contributed by atoms with Crippen LogP contribution in [0.15, 0.2) is 23.6 Å². The Morgan fingerprint density at radius 3 is 2.83 bits per heavy atom. The van der Waals surface area contributed by atoms with Crippen molar-refractivity contribution in [1.82, 2.24) is 4.98 Å². The summed E-state index contributed by atoms with van der Waals surface area (Å²) in [5, 5.41) is 17.0. The van der Waals surface area contributed by atoms with E-state index in [1.807, 2.05) is 18.4 Å². The second-order valence-electron chi connectivity index (χ2n) is 3.94. The summed E-state index contributed by atoms with van der Waals surface area (Å²) in [6, 6.07) is 5.03. The van der Waals surface area contributed by atoms with Gasteiger partial charge in [-0.1, -0.05) is 6.07 Å². The molecule has 0 aliphatic heterocycles. The van der Waals surface area contributed by atoms with Crippen LogP contribution in [0.3, 0.4) is 0 Å². The predicted octanol–water partition coefficient (Wildman–Crippen LogP) is 3.28. The van der Waals surface area contributed by atoms with Crippen molar-refractivity contribution in [3.63, 3.8) is 0 Å². The van der Waals surface area contributed by atoms with E-state index in [1.54, 1.807) is 24.3 Å². The number of nitro groups is 1. The number of rotatable bonds is 4. The number of nitro benzene ring substituents is 1. The van der Waals surface area contributed by atoms with Gasteiger partial charge in [-0.3, -0.25) is 10.1 Å². The lowest BCUT2D eigenvalue weighted by Gasteiger charge is -2.07. The first-order chi connectivity index (χ1) is 8.58. The van der Waals surface area contributed by atoms with E-state index in [9.17, 15) is 10.1 Å². The molecule has 1 heterocycles. The van der Waals surface area contributed by atoms with Crippen molar-refractivity contribution in [1.29, 1.82) is 0 Å². The van der Waals surface area contributed by atoms with Crippen LogP contribution in [0, 0.1) is 24.0 Å². The molecule has 1 N–H and O–H groups in total. The van der Waals surface area contributed by atoms with Gasteiger partial charge in [0, 0.05) is 28.4 Å². The molecule has 94 valence electrons. The van der Waals surface area contributed by atoms with E-state index in [4.69, 9.17) is 0 Å². The molecule has 0 atom stereocenters. The quantitative estimate of drug-likeness (QED) is 0.679. The molecule has 5 nitrogen and oxygen atoms in total. The minimum atomic E-state index is -0.367. The highest BCUT2D eigenvalue weighted by molar-refractivity contribution is 7.09. The Morgan fingerprint density at radius 1 is 1.44 bits per heavy atom. The predicted molar refractivity (Wildman–Crippen MR) is 72.0 cm³/mol. The largest absolute Gasteiger partial charge is 0.378 e. The molecule has 0 saturated heterocycles. The molecular formula is C12H13N3O2S. The number of aryl methyl sites for hydroxylation is 1. The van der Waals surface area contributed by atoms with Crippen molar-refractivity contribution < 1.29 is 4.92 Å². The van der Waals surface area contributed by atoms with Crippen LogP contribution in [0.2, 0.25) is 0 Å². The summed E-state index contributed by atoms with van der Waals surface area (Å²) >= 11 is 1.58. The molecule has 0 unspecified atom stereocenters. The zero-order chi connectivity index (χ0) is 13.1. The second-order valence-corrected chi connectivity index (χ2v) is 4.89. The van der Waals surface area contributed by atoms with Crippen LogP contribution in [-0.4, -0.2) is 9.91 Å². The van der Waals surface area contributed by atoms with E-state index in [0.29, 0.717) is 12.1 Å². The molecule has 0 bridgehead atoms. The molecule has 1 aromatic heterocycles. The number of anilines is 1. The lowest BCUT2D eigenvalue weighted by atomic mass is 10.1. The summed E-state index contributed by atoms with van der Waals surface area (Å²) in [5.41, 5.74) is 2.55. The van der Waals surface area contributed by atoms with Crippen LogP contribution < -0.4 is 5.32 Å². The standard InChI is InChI=1S/C12H13N3O2S/c1-8-7-18-12(14-8)6-13-10-4-3-5-11(9(10)2)15(16)17/h3-5,7,13H,6H2,1-2H3. The SMILES string of the molecule is Cc1csc(CNc2cccc([N+](=O)[O-])c2C)n1. The molecule has 0 spiro atoms. The normalized spacial score (nSPS) is 10.3. The Hall–Kier alpha value is -1.95. The van der Waals surface area contributed by atoms with Crippen molar-refractivity contribution in [2.24, 2.45) is 0 Å². The highest BCUT2D eigenvalue weighted by Crippen LogP contribution is 2.25. The molecule has 18 heavy (non-hydrogen) atoms. The monoisotopic (exact) mass is 263 g/mol. The van der Waals surface area contributed by atoms with Crippen LogP contribution in [0.1, 0.15) is 16.3 Å². The van der Waals surface area contributed by atoms with Gasteiger partial charge < -0.3 is 5.32 Å². The summed E-state index contributed by atoms with van der Waals surface area (Å²) in [6.45, 7) is 4.27. The van der Waals surface area contributed by atoms with E-state index in [2.05, 4.69) is 10.3 Å². The van der Waals surface area contributed by atoms with Crippen molar-refractivity contribution in [3.8, 4) is 0 Å². The van der Waals surface area contributed by atoms with Crippen LogP contribution in [0.4, 0.5) is 11.4 Å². The van der Waals surface area contributed by atoms with Crippen molar-refractivity contribution in [2.45, 2.75) is 20.4 Å². The Morgan fingerprint density at radius 2 is 2.22 bits per heavy atom. The smallest absolute Gasteiger partial charge is 0.274 e. The Bertz CT molecular complexity index is 580. The van der Waals surface area contributed by atoms with Gasteiger partial charge in [0.25, 0.3) is 5.69 Å². The zero-order valence-electron chi connectivity index (χ0n) is 10.1. The Balaban J connectivity index is 2.14. The highest BCUT2D eigenvalue weighted by Gasteiger charge is 2.12. The molecule has 0 amide bonds. The van der Waals surface area contributed by atoms with Gasteiger partial charge in [-0.15, -0.1) is 11.3 Å². The molecule has 6 heteroatoms. The highest BCUT2D eigenvalue weighted by atomic mass is 32.1. The lowest BCUT2D eigenvalue weighted by molar-refractivity contribution is -0.385. The summed E-state index contributed by atoms with van der Waals surface area (Å²) in [6.07, 6.45) is 0. The van der Waals surface area contributed by atoms with Crippen LogP contribution in [0.5, 0.6) is 0 Å². The maximum Gasteiger partial charge on any atom is 0.274 e. The number of hydrogen-bond acceptors (Lipinski definition) is 5. The number of nitrogens with one attached hydrogen (secondary N) is 1. The fourth-order valence-electron chi connectivity index (χ4n) is 1.67. The molecule has 2 rings (SSSR count). The van der Waals surface area contributed by atoms with E-state index in [-0.39, 0.29) is 10.6 Å². The number of thiazole rings is 1. The third-order valence-corrected chi connectivity index (χ3v) is 3.57. The third kappa shape index (κ3) is 2.65. The number of nitrogens with zero attached hydrogens (tertiary/aromatic N) is 2. The van der Waals surface area contributed by atoms with Crippen LogP contribution in [-0.2, 0) is 6.54 Å². The first-order valence-corrected chi connectivity index (χ1v) is 6.35. The van der Waals surface area contributed by atoms with Gasteiger partial charge in [0.1, 0.15) is 5.01 Å². The van der Waals surface area contributed by atoms with Gasteiger partial charge >= 0.3 is 0 Å². The van der Waals surface area contributed by atoms with Gasteiger partial charge in [0.05, 0.1) is 11.5 Å². The minimum absolute atomic E-state index is 0.135. The average molecular weight is 263 g/mol. The molecule has 0 fully saturated rings. The molecule has 1 aromatic carbocycles. The van der Waals surface area contributed by atoms with E-state index < -0.39 is 0 Å². The molecular weight excluding hydrogens is 250 g/mol. The first-order valence-electron chi connectivity index (χ1n) is 5.47. The Labute approximate surface area is 109 Å². The van der Waals surface area contributed by atoms with Crippen LogP contribution in [0.25, 0.3) is 0 Å². The summed E-state index contributed by atoms with van der Waals surface area (Å²) in [4.78, 5) is 14.8. The molecule has 0 radical (unpaired) electrons. The van der Waals surface area contributed by atoms with Gasteiger partial charge in [-0.2, -0.15) is 0 Å². The van der Waals surface area contributed by atoms with Gasteiger partial charge in [0.15, 0.2) is 0 Å². The van der Waals surface area contributed by atoms with E-state index in [0.717, 1.165) is 16.4 Å². The maximum atomic E-state index is 10.8. The van der Waals surface area contributed by atoms with Crippen molar-refractivity contribution >= 4 is 22.7 Å². The third-order valence-electron chi connectivity index (χ3n) is 2.60. The second kappa shape index (κ2) is 5.14. The molecule has 0 saturated carbocycles. The van der Waals surface area contributed by atoms with Crippen molar-refractivity contribution in [2.75, 3.05) is 5.32 Å². The summed E-state index contributed by atoms with van der Waals surface area (Å²) in [5.74, 6) is 0. The van der Waals surface area contributed by atoms with Gasteiger partial charge in [-0.05, 0) is 19.9 Å². The fourth-order valence-corrected chi connectivity index (χ4v) is 2.38. The number of hydrogen-bond donors (Lipinski definition) is 1. The zero-order valence-corrected chi connectivity index (χ0v) is 11.0. The molecule has 2 aromatic rings. The minimum Gasteiger partial charge on any atom is -0.378 e. The van der Waals surface area contributed by atoms with Gasteiger partial charge in [0.2, 0.25) is 0 Å². The van der Waals surface area contributed by atoms with E-state index in [1.165, 1.54) is 6.07 Å². The fraction of sp³-hybridized carbons (Fsp3) is 0.250. The topological polar surface area (TPSA) is 68.1 Å². The van der Waals surface area contributed by atoms with Gasteiger partial charge in [-0.25, -0.2) is 4.98 Å². The maximum absolute atomic E-state index is 10.8.